The molecule has 0 radical (unpaired) electrons. The fourth-order valence-corrected chi connectivity index (χ4v) is 2.33. The molecule has 2 aromatic rings. The van der Waals surface area contributed by atoms with Crippen LogP contribution in [0.2, 0.25) is 0 Å². The van der Waals surface area contributed by atoms with E-state index in [0.29, 0.717) is 5.69 Å². The summed E-state index contributed by atoms with van der Waals surface area (Å²) < 4.78 is 26.1. The number of nitrogens with two attached hydrogens (primary N) is 1. The molecule has 0 saturated carbocycles. The van der Waals surface area contributed by atoms with Crippen molar-refractivity contribution < 1.29 is 8.42 Å². The number of nitrogens with zero attached hydrogens (tertiary/aromatic N) is 2. The Morgan fingerprint density at radius 2 is 2.17 bits per heavy atom. The Balaban J connectivity index is 2.39. The van der Waals surface area contributed by atoms with Crippen LogP contribution in [0.1, 0.15) is 5.56 Å². The van der Waals surface area contributed by atoms with Gasteiger partial charge in [-0.2, -0.15) is 18.8 Å². The molecule has 92 valence electrons. The van der Waals surface area contributed by atoms with Crippen LogP contribution in [0.15, 0.2) is 35.5 Å². The van der Waals surface area contributed by atoms with Crippen molar-refractivity contribution in [2.24, 2.45) is 0 Å². The van der Waals surface area contributed by atoms with E-state index in [1.54, 1.807) is 0 Å². The molecule has 1 aromatic carbocycles. The summed E-state index contributed by atoms with van der Waals surface area (Å²) in [6.45, 7) is 0. The van der Waals surface area contributed by atoms with E-state index < -0.39 is 10.0 Å². The highest BCUT2D eigenvalue weighted by Gasteiger charge is 2.17. The van der Waals surface area contributed by atoms with E-state index in [0.717, 1.165) is 0 Å². The molecule has 18 heavy (non-hydrogen) atoms. The van der Waals surface area contributed by atoms with Crippen LogP contribution in [-0.2, 0) is 10.0 Å². The number of nitrogens with one attached hydrogen (secondary N) is 2. The van der Waals surface area contributed by atoms with Gasteiger partial charge in [0, 0.05) is 5.69 Å². The first-order valence-electron chi connectivity index (χ1n) is 4.85. The average Bonchev–Trinajstić information content (AvgIpc) is 2.85. The third-order valence-corrected chi connectivity index (χ3v) is 3.47. The molecule has 8 heteroatoms. The van der Waals surface area contributed by atoms with E-state index >= 15 is 0 Å². The molecular weight excluding hydrogens is 254 g/mol. The molecule has 4 N–H and O–H groups in total. The predicted molar refractivity (Wildman–Crippen MR) is 65.0 cm³/mol. The summed E-state index contributed by atoms with van der Waals surface area (Å²) in [5.74, 6) is 0. The van der Waals surface area contributed by atoms with Crippen LogP contribution in [0.4, 0.5) is 11.4 Å². The van der Waals surface area contributed by atoms with Gasteiger partial charge < -0.3 is 5.73 Å². The molecule has 0 aliphatic carbocycles. The number of hydrogen-bond donors (Lipinski definition) is 3. The lowest BCUT2D eigenvalue weighted by atomic mass is 10.2. The number of benzene rings is 1. The normalized spacial score (nSPS) is 10.8. The van der Waals surface area contributed by atoms with Gasteiger partial charge in [-0.25, -0.2) is 0 Å². The molecule has 0 aliphatic rings. The zero-order valence-electron chi connectivity index (χ0n) is 9.08. The summed E-state index contributed by atoms with van der Waals surface area (Å²) in [4.78, 5) is 0. The Kier molecular flexibility index (Phi) is 2.91. The smallest absolute Gasteiger partial charge is 0.278 e. The molecule has 1 heterocycles. The number of aromatic amines is 1. The lowest BCUT2D eigenvalue weighted by Gasteiger charge is -2.08. The number of rotatable bonds is 3. The van der Waals surface area contributed by atoms with Crippen LogP contribution in [0, 0.1) is 11.3 Å². The van der Waals surface area contributed by atoms with Crippen LogP contribution in [0.25, 0.3) is 0 Å². The van der Waals surface area contributed by atoms with Crippen LogP contribution < -0.4 is 10.5 Å². The van der Waals surface area contributed by atoms with Crippen LogP contribution in [0.5, 0.6) is 0 Å². The Bertz CT molecular complexity index is 700. The SMILES string of the molecule is N#Cc1cc(N)ccc1NS(=O)(=O)c1ccn[nH]1. The van der Waals surface area contributed by atoms with E-state index in [2.05, 4.69) is 14.9 Å². The van der Waals surface area contributed by atoms with Crippen molar-refractivity contribution in [1.29, 1.82) is 5.26 Å². The number of nitriles is 1. The number of nitrogen functional groups attached to an aromatic ring is 1. The monoisotopic (exact) mass is 263 g/mol. The average molecular weight is 263 g/mol. The van der Waals surface area contributed by atoms with Crippen LogP contribution in [-0.4, -0.2) is 18.6 Å². The van der Waals surface area contributed by atoms with Gasteiger partial charge in [-0.3, -0.25) is 9.82 Å². The van der Waals surface area contributed by atoms with E-state index in [4.69, 9.17) is 11.0 Å². The summed E-state index contributed by atoms with van der Waals surface area (Å²) in [5.41, 5.74) is 6.22. The van der Waals surface area contributed by atoms with Gasteiger partial charge in [-0.05, 0) is 24.3 Å². The Hall–Kier alpha value is -2.53. The maximum Gasteiger partial charge on any atom is 0.278 e. The molecule has 7 nitrogen and oxygen atoms in total. The number of aromatic nitrogens is 2. The molecule has 0 spiro atoms. The minimum absolute atomic E-state index is 0.0804. The molecule has 0 aliphatic heterocycles. The van der Waals surface area contributed by atoms with Gasteiger partial charge in [-0.1, -0.05) is 0 Å². The van der Waals surface area contributed by atoms with E-state index in [9.17, 15) is 8.42 Å². The topological polar surface area (TPSA) is 125 Å². The number of anilines is 2. The first-order chi connectivity index (χ1) is 8.53. The van der Waals surface area contributed by atoms with Crippen molar-refractivity contribution >= 4 is 21.4 Å². The standard InChI is InChI=1S/C10H9N5O2S/c11-6-7-5-8(12)1-2-9(7)15-18(16,17)10-3-4-13-14-10/h1-5,15H,12H2,(H,13,14). The molecule has 0 amide bonds. The number of hydrogen-bond acceptors (Lipinski definition) is 5. The molecule has 0 unspecified atom stereocenters. The fourth-order valence-electron chi connectivity index (χ4n) is 1.34. The third kappa shape index (κ3) is 2.26. The molecular formula is C10H9N5O2S. The maximum atomic E-state index is 11.9. The maximum absolute atomic E-state index is 11.9. The zero-order chi connectivity index (χ0) is 13.2. The second kappa shape index (κ2) is 4.38. The molecule has 1 aromatic heterocycles. The highest BCUT2D eigenvalue weighted by molar-refractivity contribution is 7.92. The van der Waals surface area contributed by atoms with Gasteiger partial charge in [0.15, 0.2) is 5.03 Å². The van der Waals surface area contributed by atoms with Gasteiger partial charge in [0.1, 0.15) is 6.07 Å². The predicted octanol–water partition coefficient (Wildman–Crippen LogP) is 0.664. The largest absolute Gasteiger partial charge is 0.399 e. The van der Waals surface area contributed by atoms with Crippen LogP contribution in [0.3, 0.4) is 0 Å². The Morgan fingerprint density at radius 1 is 1.39 bits per heavy atom. The second-order valence-electron chi connectivity index (χ2n) is 3.44. The van der Waals surface area contributed by atoms with Crippen molar-refractivity contribution in [2.45, 2.75) is 5.03 Å². The summed E-state index contributed by atoms with van der Waals surface area (Å²) in [5, 5.41) is 14.7. The van der Waals surface area contributed by atoms with Gasteiger partial charge in [0.25, 0.3) is 10.0 Å². The van der Waals surface area contributed by atoms with Crippen molar-refractivity contribution in [3.8, 4) is 6.07 Å². The molecule has 0 fully saturated rings. The summed E-state index contributed by atoms with van der Waals surface area (Å²) >= 11 is 0. The second-order valence-corrected chi connectivity index (χ2v) is 5.09. The highest BCUT2D eigenvalue weighted by Crippen LogP contribution is 2.20. The minimum Gasteiger partial charge on any atom is -0.399 e. The third-order valence-electron chi connectivity index (χ3n) is 2.17. The Labute approximate surface area is 103 Å². The molecule has 0 atom stereocenters. The van der Waals surface area contributed by atoms with Crippen LogP contribution >= 0.6 is 0 Å². The van der Waals surface area contributed by atoms with Crippen molar-refractivity contribution in [2.75, 3.05) is 10.5 Å². The minimum atomic E-state index is -3.78. The van der Waals surface area contributed by atoms with E-state index in [1.807, 2.05) is 6.07 Å². The fraction of sp³-hybridized carbons (Fsp3) is 0. The molecule has 2 rings (SSSR count). The lowest BCUT2D eigenvalue weighted by molar-refractivity contribution is 0.597. The molecule has 0 saturated heterocycles. The van der Waals surface area contributed by atoms with Crippen molar-refractivity contribution in [1.82, 2.24) is 10.2 Å². The Morgan fingerprint density at radius 3 is 2.78 bits per heavy atom. The highest BCUT2D eigenvalue weighted by atomic mass is 32.2. The first-order valence-corrected chi connectivity index (χ1v) is 6.33. The summed E-state index contributed by atoms with van der Waals surface area (Å²) in [6, 6.07) is 7.51. The van der Waals surface area contributed by atoms with E-state index in [1.165, 1.54) is 30.5 Å². The number of sulfonamides is 1. The van der Waals surface area contributed by atoms with Gasteiger partial charge in [0.2, 0.25) is 0 Å². The van der Waals surface area contributed by atoms with Crippen molar-refractivity contribution in [3.05, 3.63) is 36.0 Å². The van der Waals surface area contributed by atoms with Gasteiger partial charge in [-0.15, -0.1) is 0 Å². The summed E-state index contributed by atoms with van der Waals surface area (Å²) in [7, 11) is -3.78. The number of H-pyrrole nitrogens is 1. The van der Waals surface area contributed by atoms with Crippen molar-refractivity contribution in [3.63, 3.8) is 0 Å². The zero-order valence-corrected chi connectivity index (χ0v) is 9.90. The summed E-state index contributed by atoms with van der Waals surface area (Å²) in [6.07, 6.45) is 1.32. The molecule has 0 bridgehead atoms. The first kappa shape index (κ1) is 11.9. The van der Waals surface area contributed by atoms with E-state index in [-0.39, 0.29) is 16.3 Å². The van der Waals surface area contributed by atoms with Gasteiger partial charge in [0.05, 0.1) is 17.4 Å². The quantitative estimate of drug-likeness (QED) is 0.702. The van der Waals surface area contributed by atoms with Gasteiger partial charge >= 0.3 is 0 Å². The lowest BCUT2D eigenvalue weighted by Crippen LogP contribution is -2.14.